The highest BCUT2D eigenvalue weighted by Crippen LogP contribution is 2.42. The van der Waals surface area contributed by atoms with Gasteiger partial charge in [0.05, 0.1) is 0 Å². The van der Waals surface area contributed by atoms with Crippen molar-refractivity contribution in [1.29, 1.82) is 0 Å². The molecule has 0 spiro atoms. The number of alkyl carbamates (subject to hydrolysis) is 1. The van der Waals surface area contributed by atoms with Crippen LogP contribution in [0.1, 0.15) is 44.4 Å². The first-order valence-electron chi connectivity index (χ1n) is 14.5. The van der Waals surface area contributed by atoms with Crippen molar-refractivity contribution in [3.63, 3.8) is 0 Å². The van der Waals surface area contributed by atoms with Crippen molar-refractivity contribution in [2.75, 3.05) is 11.4 Å². The van der Waals surface area contributed by atoms with Crippen LogP contribution in [0.3, 0.4) is 0 Å². The van der Waals surface area contributed by atoms with E-state index in [2.05, 4.69) is 10.3 Å². The van der Waals surface area contributed by atoms with Crippen molar-refractivity contribution in [2.45, 2.75) is 56.4 Å². The van der Waals surface area contributed by atoms with Gasteiger partial charge in [0, 0.05) is 23.7 Å². The minimum atomic E-state index is -1.13. The maximum atomic E-state index is 14.2. The lowest BCUT2D eigenvalue weighted by Gasteiger charge is -2.51. The van der Waals surface area contributed by atoms with E-state index in [9.17, 15) is 19.2 Å². The van der Waals surface area contributed by atoms with Crippen molar-refractivity contribution >= 4 is 52.1 Å². The number of hydrogen-bond acceptors (Lipinski definition) is 9. The lowest BCUT2D eigenvalue weighted by Crippen LogP contribution is -2.74. The predicted octanol–water partition coefficient (Wildman–Crippen LogP) is 5.20. The zero-order valence-corrected chi connectivity index (χ0v) is 26.5. The summed E-state index contributed by atoms with van der Waals surface area (Å²) in [5, 5.41) is 6.28. The van der Waals surface area contributed by atoms with E-state index in [1.165, 1.54) is 28.0 Å². The van der Waals surface area contributed by atoms with E-state index in [1.807, 2.05) is 66.0 Å². The van der Waals surface area contributed by atoms with Crippen molar-refractivity contribution in [2.24, 2.45) is 0 Å². The van der Waals surface area contributed by atoms with Gasteiger partial charge in [-0.3, -0.25) is 14.5 Å². The molecule has 4 heterocycles. The number of thiazole rings is 1. The zero-order chi connectivity index (χ0) is 31.7. The SMILES string of the molecule is CC(C)(C)OC(=O)N[C@@H]1C(=O)N2[C@@H](C(=O)OC(c3ccccc3)c3ccccc3)C(/C=C3\CCN(c4nccs4)C3=O)=CS[C@H]12. The molecular formula is C33H32N4O6S2. The Hall–Kier alpha value is -4.42. The van der Waals surface area contributed by atoms with Gasteiger partial charge in [-0.05, 0) is 55.4 Å². The zero-order valence-electron chi connectivity index (χ0n) is 24.9. The maximum absolute atomic E-state index is 14.2. The predicted molar refractivity (Wildman–Crippen MR) is 171 cm³/mol. The van der Waals surface area contributed by atoms with Gasteiger partial charge in [-0.1, -0.05) is 60.7 Å². The summed E-state index contributed by atoms with van der Waals surface area (Å²) in [4.78, 5) is 61.0. The fourth-order valence-corrected chi connectivity index (χ4v) is 7.31. The van der Waals surface area contributed by atoms with E-state index in [4.69, 9.17) is 9.47 Å². The number of nitrogens with one attached hydrogen (secondary N) is 1. The van der Waals surface area contributed by atoms with Crippen LogP contribution < -0.4 is 10.2 Å². The highest BCUT2D eigenvalue weighted by Gasteiger charge is 2.56. The van der Waals surface area contributed by atoms with Crippen LogP contribution >= 0.6 is 23.1 Å². The van der Waals surface area contributed by atoms with E-state index < -0.39 is 47.1 Å². The molecule has 3 aromatic rings. The first-order valence-corrected chi connectivity index (χ1v) is 16.3. The number of nitrogens with zero attached hydrogens (tertiary/aromatic N) is 3. The van der Waals surface area contributed by atoms with Gasteiger partial charge < -0.3 is 19.7 Å². The van der Waals surface area contributed by atoms with E-state index in [1.54, 1.807) is 43.4 Å². The molecule has 0 unspecified atom stereocenters. The Morgan fingerprint density at radius 2 is 1.71 bits per heavy atom. The number of amides is 3. The smallest absolute Gasteiger partial charge is 0.408 e. The summed E-state index contributed by atoms with van der Waals surface area (Å²) in [6.45, 7) is 5.68. The van der Waals surface area contributed by atoms with Crippen LogP contribution in [-0.2, 0) is 23.9 Å². The van der Waals surface area contributed by atoms with E-state index in [0.29, 0.717) is 29.2 Å². The summed E-state index contributed by atoms with van der Waals surface area (Å²) in [5.74, 6) is -1.29. The molecule has 3 aliphatic heterocycles. The lowest BCUT2D eigenvalue weighted by molar-refractivity contribution is -0.164. The number of thioether (sulfide) groups is 1. The van der Waals surface area contributed by atoms with E-state index in [-0.39, 0.29) is 5.91 Å². The number of rotatable bonds is 7. The van der Waals surface area contributed by atoms with Crippen LogP contribution in [0.4, 0.5) is 9.93 Å². The Morgan fingerprint density at radius 3 is 2.31 bits per heavy atom. The number of carbonyl (C=O) groups is 4. The molecule has 3 atom stereocenters. The maximum Gasteiger partial charge on any atom is 0.408 e. The molecule has 3 amide bonds. The van der Waals surface area contributed by atoms with Gasteiger partial charge >= 0.3 is 12.1 Å². The van der Waals surface area contributed by atoms with Gasteiger partial charge in [-0.2, -0.15) is 0 Å². The van der Waals surface area contributed by atoms with Crippen LogP contribution in [0.2, 0.25) is 0 Å². The Labute approximate surface area is 269 Å². The number of aromatic nitrogens is 1. The lowest BCUT2D eigenvalue weighted by atomic mass is 9.95. The molecule has 0 aliphatic carbocycles. The van der Waals surface area contributed by atoms with Crippen LogP contribution in [-0.4, -0.2) is 63.4 Å². The highest BCUT2D eigenvalue weighted by atomic mass is 32.2. The molecule has 0 radical (unpaired) electrons. The Balaban J connectivity index is 1.31. The minimum absolute atomic E-state index is 0.198. The fraction of sp³-hybridized carbons (Fsp3) is 0.303. The van der Waals surface area contributed by atoms with Gasteiger partial charge in [-0.15, -0.1) is 23.1 Å². The molecule has 1 aromatic heterocycles. The molecule has 2 saturated heterocycles. The molecule has 2 fully saturated rings. The number of carbonyl (C=O) groups excluding carboxylic acids is 4. The fourth-order valence-electron chi connectivity index (χ4n) is 5.45. The third-order valence-corrected chi connectivity index (χ3v) is 9.45. The monoisotopic (exact) mass is 644 g/mol. The number of hydrogen-bond donors (Lipinski definition) is 1. The van der Waals surface area contributed by atoms with Gasteiger partial charge in [0.15, 0.2) is 17.3 Å². The van der Waals surface area contributed by atoms with E-state index in [0.717, 1.165) is 11.1 Å². The average Bonchev–Trinajstić information content (AvgIpc) is 3.68. The number of ether oxygens (including phenoxy) is 2. The van der Waals surface area contributed by atoms with Gasteiger partial charge in [0.25, 0.3) is 5.91 Å². The average molecular weight is 645 g/mol. The molecule has 6 rings (SSSR count). The molecule has 232 valence electrons. The number of β-lactam (4-membered cyclic amide) rings is 1. The minimum Gasteiger partial charge on any atom is -0.451 e. The number of esters is 1. The van der Waals surface area contributed by atoms with Crippen LogP contribution in [0, 0.1) is 0 Å². The number of fused-ring (bicyclic) bond motifs is 1. The van der Waals surface area contributed by atoms with Gasteiger partial charge in [-0.25, -0.2) is 14.6 Å². The molecule has 1 N–H and O–H groups in total. The summed E-state index contributed by atoms with van der Waals surface area (Å²) in [6.07, 6.45) is 2.34. The molecule has 0 saturated carbocycles. The quantitative estimate of drug-likeness (QED) is 0.212. The normalized spacial score (nSPS) is 22.2. The number of anilines is 1. The topological polar surface area (TPSA) is 118 Å². The second kappa shape index (κ2) is 12.5. The Morgan fingerprint density at radius 1 is 1.04 bits per heavy atom. The first kappa shape index (κ1) is 30.6. The molecule has 0 bridgehead atoms. The summed E-state index contributed by atoms with van der Waals surface area (Å²) < 4.78 is 11.6. The van der Waals surface area contributed by atoms with Crippen LogP contribution in [0.15, 0.2) is 94.9 Å². The highest BCUT2D eigenvalue weighted by molar-refractivity contribution is 8.03. The van der Waals surface area contributed by atoms with Crippen molar-refractivity contribution in [3.8, 4) is 0 Å². The van der Waals surface area contributed by atoms with Crippen LogP contribution in [0.25, 0.3) is 0 Å². The third kappa shape index (κ3) is 6.38. The summed E-state index contributed by atoms with van der Waals surface area (Å²) >= 11 is 2.67. The Kier molecular flexibility index (Phi) is 8.52. The Bertz CT molecular complexity index is 1610. The summed E-state index contributed by atoms with van der Waals surface area (Å²) in [7, 11) is 0. The largest absolute Gasteiger partial charge is 0.451 e. The second-order valence-corrected chi connectivity index (χ2v) is 13.6. The molecule has 12 heteroatoms. The molecule has 3 aliphatic rings. The molecule has 45 heavy (non-hydrogen) atoms. The van der Waals surface area contributed by atoms with Gasteiger partial charge in [0.2, 0.25) is 5.91 Å². The molecule has 10 nitrogen and oxygen atoms in total. The molecule has 2 aromatic carbocycles. The molecular weight excluding hydrogens is 613 g/mol. The first-order chi connectivity index (χ1) is 21.6. The van der Waals surface area contributed by atoms with E-state index >= 15 is 0 Å². The standard InChI is InChI=1S/C33H32N4O6S2/c1-33(2,3)43-32(41)35-24-28(39)37-25(30(40)42-26(20-10-6-4-7-11-20)21-12-8-5-9-13-21)23(19-45-29(24)37)18-22-14-16-36(27(22)38)31-34-15-17-44-31/h4-13,15,17-19,24-26,29H,14,16H2,1-3H3,(H,35,41)/b22-18+/t24-,25-,29-/m1/s1. The third-order valence-electron chi connectivity index (χ3n) is 7.47. The van der Waals surface area contributed by atoms with Crippen molar-refractivity contribution in [1.82, 2.24) is 15.2 Å². The second-order valence-electron chi connectivity index (χ2n) is 11.7. The van der Waals surface area contributed by atoms with Crippen molar-refractivity contribution in [3.05, 3.63) is 106 Å². The van der Waals surface area contributed by atoms with Crippen molar-refractivity contribution < 1.29 is 28.7 Å². The van der Waals surface area contributed by atoms with Gasteiger partial charge in [0.1, 0.15) is 17.0 Å². The summed E-state index contributed by atoms with van der Waals surface area (Å²) in [5.41, 5.74) is 1.77. The number of benzene rings is 2. The van der Waals surface area contributed by atoms with Crippen LogP contribution in [0.5, 0.6) is 0 Å². The summed E-state index contributed by atoms with van der Waals surface area (Å²) in [6, 6.07) is 16.7.